The van der Waals surface area contributed by atoms with E-state index in [9.17, 15) is 27.9 Å². The van der Waals surface area contributed by atoms with Crippen molar-refractivity contribution in [1.29, 1.82) is 0 Å². The summed E-state index contributed by atoms with van der Waals surface area (Å²) in [4.78, 5) is 29.7. The second-order valence-electron chi connectivity index (χ2n) is 6.44. The average molecular weight is 398 g/mol. The molecule has 144 valence electrons. The number of aliphatic carboxylic acids is 1. The Bertz CT molecular complexity index is 866. The zero-order valence-electron chi connectivity index (χ0n) is 14.4. The van der Waals surface area contributed by atoms with Crippen molar-refractivity contribution in [2.24, 2.45) is 5.92 Å². The number of hydrogen-bond acceptors (Lipinski definition) is 4. The number of aromatic nitrogens is 1. The quantitative estimate of drug-likeness (QED) is 0.843. The third-order valence-electron chi connectivity index (χ3n) is 4.73. The molecule has 5 nitrogen and oxygen atoms in total. The Morgan fingerprint density at radius 3 is 2.74 bits per heavy atom. The van der Waals surface area contributed by atoms with Gasteiger partial charge in [0.1, 0.15) is 10.7 Å². The van der Waals surface area contributed by atoms with Crippen molar-refractivity contribution in [3.8, 4) is 10.6 Å². The molecule has 1 aliphatic heterocycles. The Morgan fingerprint density at radius 2 is 2.07 bits per heavy atom. The Kier molecular flexibility index (Phi) is 5.23. The van der Waals surface area contributed by atoms with Crippen molar-refractivity contribution < 1.29 is 27.9 Å². The summed E-state index contributed by atoms with van der Waals surface area (Å²) in [6.07, 6.45) is -3.37. The van der Waals surface area contributed by atoms with Crippen LogP contribution in [0.1, 0.15) is 35.8 Å². The van der Waals surface area contributed by atoms with Gasteiger partial charge in [-0.3, -0.25) is 9.59 Å². The van der Waals surface area contributed by atoms with Gasteiger partial charge in [0.25, 0.3) is 5.91 Å². The van der Waals surface area contributed by atoms with E-state index in [1.807, 2.05) is 0 Å². The van der Waals surface area contributed by atoms with Crippen molar-refractivity contribution >= 4 is 23.2 Å². The number of likely N-dealkylation sites (tertiary alicyclic amines) is 1. The summed E-state index contributed by atoms with van der Waals surface area (Å²) in [7, 11) is 0. The minimum atomic E-state index is -4.46. The molecule has 0 unspecified atom stereocenters. The fourth-order valence-electron chi connectivity index (χ4n) is 3.24. The van der Waals surface area contributed by atoms with Crippen molar-refractivity contribution in [1.82, 2.24) is 9.88 Å². The Labute approximate surface area is 157 Å². The van der Waals surface area contributed by atoms with E-state index >= 15 is 0 Å². The summed E-state index contributed by atoms with van der Waals surface area (Å²) < 4.78 is 38.6. The van der Waals surface area contributed by atoms with Crippen LogP contribution in [0.5, 0.6) is 0 Å². The van der Waals surface area contributed by atoms with Gasteiger partial charge in [-0.15, -0.1) is 11.3 Å². The lowest BCUT2D eigenvalue weighted by Gasteiger charge is -2.37. The van der Waals surface area contributed by atoms with Crippen LogP contribution in [0.25, 0.3) is 10.6 Å². The maximum atomic E-state index is 12.9. The van der Waals surface area contributed by atoms with Gasteiger partial charge in [-0.05, 0) is 31.9 Å². The average Bonchev–Trinajstić information content (AvgIpc) is 3.10. The molecule has 0 radical (unpaired) electrons. The summed E-state index contributed by atoms with van der Waals surface area (Å²) in [6.45, 7) is 2.12. The molecule has 0 saturated carbocycles. The largest absolute Gasteiger partial charge is 0.481 e. The second kappa shape index (κ2) is 7.30. The van der Waals surface area contributed by atoms with Crippen molar-refractivity contribution in [2.75, 3.05) is 6.54 Å². The Hall–Kier alpha value is -2.42. The first-order valence-electron chi connectivity index (χ1n) is 8.35. The molecule has 0 spiro atoms. The maximum Gasteiger partial charge on any atom is 0.416 e. The van der Waals surface area contributed by atoms with E-state index in [1.165, 1.54) is 22.4 Å². The molecule has 0 aliphatic carbocycles. The van der Waals surface area contributed by atoms with Gasteiger partial charge in [0, 0.05) is 23.5 Å². The van der Waals surface area contributed by atoms with E-state index in [0.29, 0.717) is 24.4 Å². The number of carboxylic acid groups (broad SMARTS) is 1. The molecule has 1 aromatic heterocycles. The number of alkyl halides is 3. The molecule has 1 saturated heterocycles. The van der Waals surface area contributed by atoms with Crippen molar-refractivity contribution in [3.05, 3.63) is 40.9 Å². The molecule has 1 fully saturated rings. The first-order valence-corrected chi connectivity index (χ1v) is 9.23. The highest BCUT2D eigenvalue weighted by atomic mass is 32.1. The van der Waals surface area contributed by atoms with E-state index in [-0.39, 0.29) is 11.3 Å². The molecule has 1 N–H and O–H groups in total. The molecular formula is C18H17F3N2O3S. The van der Waals surface area contributed by atoms with Crippen LogP contribution in [0.2, 0.25) is 0 Å². The van der Waals surface area contributed by atoms with E-state index in [2.05, 4.69) is 4.98 Å². The smallest absolute Gasteiger partial charge is 0.416 e. The van der Waals surface area contributed by atoms with Crippen LogP contribution in [0.15, 0.2) is 29.6 Å². The predicted molar refractivity (Wildman–Crippen MR) is 93.4 cm³/mol. The fourth-order valence-corrected chi connectivity index (χ4v) is 4.03. The number of halogens is 3. The van der Waals surface area contributed by atoms with Gasteiger partial charge < -0.3 is 10.0 Å². The molecule has 9 heteroatoms. The zero-order valence-corrected chi connectivity index (χ0v) is 15.2. The van der Waals surface area contributed by atoms with Crippen LogP contribution in [0.4, 0.5) is 13.2 Å². The number of nitrogens with zero attached hydrogens (tertiary/aromatic N) is 2. The third kappa shape index (κ3) is 3.97. The van der Waals surface area contributed by atoms with Gasteiger partial charge in [0.05, 0.1) is 11.5 Å². The number of benzene rings is 1. The summed E-state index contributed by atoms with van der Waals surface area (Å²) in [6, 6.07) is 4.31. The number of piperidine rings is 1. The van der Waals surface area contributed by atoms with Crippen LogP contribution >= 0.6 is 11.3 Å². The van der Waals surface area contributed by atoms with E-state index in [0.717, 1.165) is 23.5 Å². The van der Waals surface area contributed by atoms with Gasteiger partial charge in [-0.1, -0.05) is 12.1 Å². The molecule has 2 aromatic rings. The highest BCUT2D eigenvalue weighted by Gasteiger charge is 2.36. The Morgan fingerprint density at radius 1 is 1.33 bits per heavy atom. The van der Waals surface area contributed by atoms with Gasteiger partial charge in [0.15, 0.2) is 0 Å². The van der Waals surface area contributed by atoms with Gasteiger partial charge in [0.2, 0.25) is 0 Å². The van der Waals surface area contributed by atoms with Crippen LogP contribution in [-0.4, -0.2) is 39.5 Å². The molecule has 3 rings (SSSR count). The van der Waals surface area contributed by atoms with E-state index in [4.69, 9.17) is 0 Å². The van der Waals surface area contributed by atoms with E-state index in [1.54, 1.807) is 6.92 Å². The molecule has 0 bridgehead atoms. The first-order chi connectivity index (χ1) is 12.7. The maximum absolute atomic E-state index is 12.9. The lowest BCUT2D eigenvalue weighted by molar-refractivity contribution is -0.145. The molecular weight excluding hydrogens is 381 g/mol. The predicted octanol–water partition coefficient (Wildman–Crippen LogP) is 4.15. The van der Waals surface area contributed by atoms with Gasteiger partial charge in [-0.25, -0.2) is 4.98 Å². The number of hydrogen-bond donors (Lipinski definition) is 1. The highest BCUT2D eigenvalue weighted by molar-refractivity contribution is 7.13. The lowest BCUT2D eigenvalue weighted by atomic mass is 9.90. The highest BCUT2D eigenvalue weighted by Crippen LogP contribution is 2.33. The van der Waals surface area contributed by atoms with Crippen LogP contribution in [0, 0.1) is 5.92 Å². The lowest BCUT2D eigenvalue weighted by Crippen LogP contribution is -2.49. The third-order valence-corrected chi connectivity index (χ3v) is 5.62. The monoisotopic (exact) mass is 398 g/mol. The van der Waals surface area contributed by atoms with Crippen molar-refractivity contribution in [3.63, 3.8) is 0 Å². The fraction of sp³-hybridized carbons (Fsp3) is 0.389. The molecule has 1 amide bonds. The first kappa shape index (κ1) is 19.3. The second-order valence-corrected chi connectivity index (χ2v) is 7.30. The minimum absolute atomic E-state index is 0.116. The van der Waals surface area contributed by atoms with Crippen molar-refractivity contribution in [2.45, 2.75) is 32.0 Å². The molecule has 1 aromatic carbocycles. The molecule has 2 heterocycles. The van der Waals surface area contributed by atoms with Crippen LogP contribution in [-0.2, 0) is 11.0 Å². The zero-order chi connectivity index (χ0) is 19.8. The number of carbonyl (C=O) groups excluding carboxylic acids is 1. The topological polar surface area (TPSA) is 70.5 Å². The summed E-state index contributed by atoms with van der Waals surface area (Å²) >= 11 is 1.08. The molecule has 27 heavy (non-hydrogen) atoms. The number of carboxylic acids is 1. The normalized spacial score (nSPS) is 20.5. The minimum Gasteiger partial charge on any atom is -0.481 e. The summed E-state index contributed by atoms with van der Waals surface area (Å²) in [5.41, 5.74) is -0.383. The molecule has 2 atom stereocenters. The number of amides is 1. The SMILES string of the molecule is C[C@@H]1[C@H](C(=O)O)CCCN1C(=O)c1csc(-c2cccc(C(F)(F)F)c2)n1. The van der Waals surface area contributed by atoms with Gasteiger partial charge in [-0.2, -0.15) is 13.2 Å². The van der Waals surface area contributed by atoms with E-state index < -0.39 is 35.6 Å². The Balaban J connectivity index is 1.83. The van der Waals surface area contributed by atoms with Gasteiger partial charge >= 0.3 is 12.1 Å². The standard InChI is InChI=1S/C18H17F3N2O3S/c1-10-13(17(25)26)6-3-7-23(10)16(24)14-9-27-15(22-14)11-4-2-5-12(8-11)18(19,20)21/h2,4-5,8-10,13H,3,6-7H2,1H3,(H,25,26)/t10-,13-/m1/s1. The summed E-state index contributed by atoms with van der Waals surface area (Å²) in [5.74, 6) is -1.98. The summed E-state index contributed by atoms with van der Waals surface area (Å²) in [5, 5.41) is 11.1. The number of thiazole rings is 1. The number of carbonyl (C=O) groups is 2. The van der Waals surface area contributed by atoms with Crippen LogP contribution in [0.3, 0.4) is 0 Å². The molecule has 1 aliphatic rings. The van der Waals surface area contributed by atoms with Crippen LogP contribution < -0.4 is 0 Å². The number of rotatable bonds is 3.